The van der Waals surface area contributed by atoms with Gasteiger partial charge in [0.2, 0.25) is 0 Å². The number of hydrogen-bond donors (Lipinski definition) is 1. The maximum atomic E-state index is 4.46. The van der Waals surface area contributed by atoms with E-state index in [1.54, 1.807) is 6.20 Å². The van der Waals surface area contributed by atoms with Gasteiger partial charge in [0.15, 0.2) is 5.17 Å². The number of nitrogens with zero attached hydrogens (tertiary/aromatic N) is 4. The molecule has 0 saturated heterocycles. The summed E-state index contributed by atoms with van der Waals surface area (Å²) in [4.78, 5) is 4.46. The molecule has 2 rings (SSSR count). The van der Waals surface area contributed by atoms with Gasteiger partial charge >= 0.3 is 0 Å². The molecule has 0 aliphatic carbocycles. The van der Waals surface area contributed by atoms with Gasteiger partial charge in [0.25, 0.3) is 0 Å². The number of amidine groups is 1. The standard InChI is InChI=1S/C10H17N5S/c1-2-9-8-12-10(16-9)11-4-3-6-15-7-5-13-14-15/h5,7,9H,2-4,6,8H2,1H3,(H,11,12). The van der Waals surface area contributed by atoms with E-state index in [1.165, 1.54) is 6.42 Å². The lowest BCUT2D eigenvalue weighted by Gasteiger charge is -2.06. The van der Waals surface area contributed by atoms with Crippen LogP contribution in [0, 0.1) is 0 Å². The fourth-order valence-electron chi connectivity index (χ4n) is 1.52. The first-order valence-corrected chi connectivity index (χ1v) is 6.55. The van der Waals surface area contributed by atoms with Crippen LogP contribution in [0.25, 0.3) is 0 Å². The number of aryl methyl sites for hydroxylation is 1. The Balaban J connectivity index is 1.59. The largest absolute Gasteiger partial charge is 0.365 e. The lowest BCUT2D eigenvalue weighted by Crippen LogP contribution is -2.22. The van der Waals surface area contributed by atoms with E-state index in [9.17, 15) is 0 Å². The van der Waals surface area contributed by atoms with Gasteiger partial charge in [0.05, 0.1) is 12.7 Å². The van der Waals surface area contributed by atoms with Crippen molar-refractivity contribution in [3.05, 3.63) is 12.4 Å². The molecular weight excluding hydrogens is 222 g/mol. The Morgan fingerprint density at radius 1 is 1.62 bits per heavy atom. The molecule has 16 heavy (non-hydrogen) atoms. The Morgan fingerprint density at radius 3 is 3.25 bits per heavy atom. The molecule has 0 aromatic carbocycles. The molecule has 0 spiro atoms. The predicted molar refractivity (Wildman–Crippen MR) is 66.6 cm³/mol. The Labute approximate surface area is 99.7 Å². The fourth-order valence-corrected chi connectivity index (χ4v) is 2.48. The molecule has 0 fully saturated rings. The topological polar surface area (TPSA) is 55.1 Å². The van der Waals surface area contributed by atoms with Crippen molar-refractivity contribution in [3.8, 4) is 0 Å². The van der Waals surface area contributed by atoms with Crippen molar-refractivity contribution >= 4 is 16.9 Å². The number of hydrogen-bond acceptors (Lipinski definition) is 5. The summed E-state index contributed by atoms with van der Waals surface area (Å²) < 4.78 is 1.85. The monoisotopic (exact) mass is 239 g/mol. The summed E-state index contributed by atoms with van der Waals surface area (Å²) in [6.45, 7) is 5.03. The molecule has 0 amide bonds. The van der Waals surface area contributed by atoms with Gasteiger partial charge in [-0.05, 0) is 12.8 Å². The average molecular weight is 239 g/mol. The van der Waals surface area contributed by atoms with E-state index in [2.05, 4.69) is 27.5 Å². The van der Waals surface area contributed by atoms with Gasteiger partial charge in [-0.1, -0.05) is 23.9 Å². The van der Waals surface area contributed by atoms with Crippen LogP contribution in [0.3, 0.4) is 0 Å². The van der Waals surface area contributed by atoms with Crippen LogP contribution in [0.2, 0.25) is 0 Å². The van der Waals surface area contributed by atoms with E-state index in [4.69, 9.17) is 0 Å². The van der Waals surface area contributed by atoms with Crippen molar-refractivity contribution in [3.63, 3.8) is 0 Å². The van der Waals surface area contributed by atoms with Crippen molar-refractivity contribution in [2.75, 3.05) is 13.1 Å². The van der Waals surface area contributed by atoms with Crippen LogP contribution in [0.1, 0.15) is 19.8 Å². The lowest BCUT2D eigenvalue weighted by molar-refractivity contribution is 0.555. The third kappa shape index (κ3) is 3.23. The summed E-state index contributed by atoms with van der Waals surface area (Å²) >= 11 is 1.86. The third-order valence-corrected chi connectivity index (χ3v) is 3.80. The molecule has 0 saturated carbocycles. The normalized spacial score (nSPS) is 19.8. The number of aliphatic imine (C=N–C) groups is 1. The second kappa shape index (κ2) is 5.89. The van der Waals surface area contributed by atoms with Crippen molar-refractivity contribution in [2.45, 2.75) is 31.6 Å². The average Bonchev–Trinajstić information content (AvgIpc) is 2.95. The zero-order chi connectivity index (χ0) is 11.2. The number of nitrogens with one attached hydrogen (secondary N) is 1. The molecule has 2 heterocycles. The van der Waals surface area contributed by atoms with Crippen LogP contribution >= 0.6 is 11.8 Å². The van der Waals surface area contributed by atoms with E-state index >= 15 is 0 Å². The van der Waals surface area contributed by atoms with Crippen LogP contribution in [-0.2, 0) is 6.54 Å². The summed E-state index contributed by atoms with van der Waals surface area (Å²) in [5, 5.41) is 12.8. The first kappa shape index (κ1) is 11.4. The van der Waals surface area contributed by atoms with E-state index in [0.29, 0.717) is 5.25 Å². The van der Waals surface area contributed by atoms with Gasteiger partial charge in [-0.2, -0.15) is 0 Å². The van der Waals surface area contributed by atoms with Gasteiger partial charge in [0, 0.05) is 24.5 Å². The van der Waals surface area contributed by atoms with Crippen molar-refractivity contribution in [2.24, 2.45) is 4.99 Å². The summed E-state index contributed by atoms with van der Waals surface area (Å²) in [6.07, 6.45) is 5.82. The van der Waals surface area contributed by atoms with Crippen LogP contribution < -0.4 is 5.32 Å². The highest BCUT2D eigenvalue weighted by Gasteiger charge is 2.16. The molecule has 1 aliphatic rings. The Morgan fingerprint density at radius 2 is 2.56 bits per heavy atom. The summed E-state index contributed by atoms with van der Waals surface area (Å²) in [5.41, 5.74) is 0. The highest BCUT2D eigenvalue weighted by atomic mass is 32.2. The smallest absolute Gasteiger partial charge is 0.156 e. The maximum absolute atomic E-state index is 4.46. The molecular formula is C10H17N5S. The SMILES string of the molecule is CCC1CN=C(NCCCn2ccnn2)S1. The highest BCUT2D eigenvalue weighted by Crippen LogP contribution is 2.21. The van der Waals surface area contributed by atoms with Gasteiger partial charge in [0.1, 0.15) is 0 Å². The van der Waals surface area contributed by atoms with Crippen molar-refractivity contribution in [1.82, 2.24) is 20.3 Å². The highest BCUT2D eigenvalue weighted by molar-refractivity contribution is 8.14. The van der Waals surface area contributed by atoms with Gasteiger partial charge in [-0.25, -0.2) is 0 Å². The number of thioether (sulfide) groups is 1. The van der Waals surface area contributed by atoms with Crippen molar-refractivity contribution < 1.29 is 0 Å². The molecule has 5 nitrogen and oxygen atoms in total. The quantitative estimate of drug-likeness (QED) is 0.783. The minimum absolute atomic E-state index is 0.679. The number of rotatable bonds is 5. The first-order valence-electron chi connectivity index (χ1n) is 5.67. The van der Waals surface area contributed by atoms with Gasteiger partial charge in [-0.15, -0.1) is 5.10 Å². The van der Waals surface area contributed by atoms with Crippen molar-refractivity contribution in [1.29, 1.82) is 0 Å². The summed E-state index contributed by atoms with van der Waals surface area (Å²) in [6, 6.07) is 0. The molecule has 1 aromatic rings. The zero-order valence-corrected chi connectivity index (χ0v) is 10.3. The predicted octanol–water partition coefficient (Wildman–Crippen LogP) is 1.14. The van der Waals surface area contributed by atoms with Crippen LogP contribution in [0.4, 0.5) is 0 Å². The summed E-state index contributed by atoms with van der Waals surface area (Å²) in [5.74, 6) is 0. The Bertz CT molecular complexity index is 335. The minimum atomic E-state index is 0.679. The fraction of sp³-hybridized carbons (Fsp3) is 0.700. The van der Waals surface area contributed by atoms with Gasteiger partial charge in [-0.3, -0.25) is 9.67 Å². The second-order valence-corrected chi connectivity index (χ2v) is 5.03. The Kier molecular flexibility index (Phi) is 4.21. The zero-order valence-electron chi connectivity index (χ0n) is 9.46. The molecule has 1 N–H and O–H groups in total. The maximum Gasteiger partial charge on any atom is 0.156 e. The van der Waals surface area contributed by atoms with Gasteiger partial charge < -0.3 is 5.32 Å². The molecule has 1 aromatic heterocycles. The molecule has 0 radical (unpaired) electrons. The number of aromatic nitrogens is 3. The lowest BCUT2D eigenvalue weighted by atomic mass is 10.3. The van der Waals surface area contributed by atoms with E-state index in [-0.39, 0.29) is 0 Å². The van der Waals surface area contributed by atoms with Crippen LogP contribution in [0.15, 0.2) is 17.4 Å². The second-order valence-electron chi connectivity index (χ2n) is 3.74. The molecule has 1 aliphatic heterocycles. The minimum Gasteiger partial charge on any atom is -0.365 e. The van der Waals surface area contributed by atoms with E-state index in [1.807, 2.05) is 22.6 Å². The molecule has 6 heteroatoms. The molecule has 88 valence electrons. The Hall–Kier alpha value is -1.04. The van der Waals surface area contributed by atoms with Crippen LogP contribution in [-0.4, -0.2) is 38.5 Å². The summed E-state index contributed by atoms with van der Waals surface area (Å²) in [7, 11) is 0. The van der Waals surface area contributed by atoms with E-state index in [0.717, 1.165) is 31.2 Å². The molecule has 1 unspecified atom stereocenters. The first-order chi connectivity index (χ1) is 7.88. The van der Waals surface area contributed by atoms with Crippen LogP contribution in [0.5, 0.6) is 0 Å². The third-order valence-electron chi connectivity index (χ3n) is 2.48. The van der Waals surface area contributed by atoms with E-state index < -0.39 is 0 Å². The molecule has 1 atom stereocenters. The molecule has 0 bridgehead atoms.